The van der Waals surface area contributed by atoms with Gasteiger partial charge in [0.25, 0.3) is 0 Å². The van der Waals surface area contributed by atoms with Gasteiger partial charge in [0.05, 0.1) is 12.1 Å². The summed E-state index contributed by atoms with van der Waals surface area (Å²) in [6.07, 6.45) is 1.67. The highest BCUT2D eigenvalue weighted by atomic mass is 32.1. The van der Waals surface area contributed by atoms with Gasteiger partial charge in [-0.1, -0.05) is 33.3 Å². The number of rotatable bonds is 6. The maximum atomic E-state index is 11.9. The van der Waals surface area contributed by atoms with Crippen LogP contribution in [0.4, 0.5) is 0 Å². The van der Waals surface area contributed by atoms with Crippen LogP contribution in [0, 0.1) is 5.92 Å². The van der Waals surface area contributed by atoms with Crippen LogP contribution in [0.25, 0.3) is 0 Å². The number of amides is 1. The summed E-state index contributed by atoms with van der Waals surface area (Å²) in [4.78, 5) is 13.1. The highest BCUT2D eigenvalue weighted by molar-refractivity contribution is 7.10. The standard InChI is InChI=1S/C13H22N2OS/c1-4-6-10(14)13(16)15-12(9(2)3)11-7-5-8-17-11/h5,7-10,12H,4,6,14H2,1-3H3,(H,15,16)/t10-,12?/m1/s1. The van der Waals surface area contributed by atoms with Crippen LogP contribution in [-0.2, 0) is 4.79 Å². The van der Waals surface area contributed by atoms with Crippen molar-refractivity contribution in [2.24, 2.45) is 11.7 Å². The largest absolute Gasteiger partial charge is 0.347 e. The van der Waals surface area contributed by atoms with Gasteiger partial charge in [0.15, 0.2) is 0 Å². The minimum Gasteiger partial charge on any atom is -0.347 e. The molecule has 1 aromatic rings. The van der Waals surface area contributed by atoms with Gasteiger partial charge in [0.2, 0.25) is 5.91 Å². The number of carbonyl (C=O) groups is 1. The van der Waals surface area contributed by atoms with Crippen LogP contribution in [0.2, 0.25) is 0 Å². The lowest BCUT2D eigenvalue weighted by Gasteiger charge is -2.23. The second-order valence-electron chi connectivity index (χ2n) is 4.64. The third-order valence-electron chi connectivity index (χ3n) is 2.75. The van der Waals surface area contributed by atoms with E-state index in [1.165, 1.54) is 4.88 Å². The summed E-state index contributed by atoms with van der Waals surface area (Å²) >= 11 is 1.67. The molecule has 1 rings (SSSR count). The first kappa shape index (κ1) is 14.2. The Balaban J connectivity index is 2.65. The molecule has 0 aromatic carbocycles. The van der Waals surface area contributed by atoms with Crippen molar-refractivity contribution in [2.45, 2.75) is 45.7 Å². The fourth-order valence-corrected chi connectivity index (χ4v) is 2.69. The first-order valence-electron chi connectivity index (χ1n) is 6.15. The summed E-state index contributed by atoms with van der Waals surface area (Å²) in [7, 11) is 0. The SMILES string of the molecule is CCC[C@@H](N)C(=O)NC(c1cccs1)C(C)C. The second kappa shape index (κ2) is 6.77. The number of carbonyl (C=O) groups excluding carboxylic acids is 1. The number of nitrogens with two attached hydrogens (primary N) is 1. The molecule has 0 aliphatic rings. The molecule has 4 heteroatoms. The molecule has 96 valence electrons. The van der Waals surface area contributed by atoms with Gasteiger partial charge in [-0.3, -0.25) is 4.79 Å². The van der Waals surface area contributed by atoms with Crippen LogP contribution in [0.1, 0.15) is 44.5 Å². The molecule has 2 atom stereocenters. The second-order valence-corrected chi connectivity index (χ2v) is 5.62. The Hall–Kier alpha value is -0.870. The molecule has 0 spiro atoms. The van der Waals surface area contributed by atoms with Crippen molar-refractivity contribution in [2.75, 3.05) is 0 Å². The summed E-state index contributed by atoms with van der Waals surface area (Å²) in [5, 5.41) is 5.08. The first-order chi connectivity index (χ1) is 8.06. The Morgan fingerprint density at radius 3 is 2.71 bits per heavy atom. The summed E-state index contributed by atoms with van der Waals surface area (Å²) in [5.41, 5.74) is 5.82. The van der Waals surface area contributed by atoms with Crippen LogP contribution in [0.5, 0.6) is 0 Å². The van der Waals surface area contributed by atoms with Crippen molar-refractivity contribution in [1.29, 1.82) is 0 Å². The van der Waals surface area contributed by atoms with E-state index < -0.39 is 0 Å². The Labute approximate surface area is 107 Å². The zero-order valence-corrected chi connectivity index (χ0v) is 11.6. The molecule has 1 aromatic heterocycles. The van der Waals surface area contributed by atoms with Gasteiger partial charge in [-0.15, -0.1) is 11.3 Å². The molecular formula is C13H22N2OS. The minimum absolute atomic E-state index is 0.0426. The van der Waals surface area contributed by atoms with E-state index in [0.717, 1.165) is 12.8 Å². The van der Waals surface area contributed by atoms with E-state index in [9.17, 15) is 4.79 Å². The summed E-state index contributed by atoms with van der Waals surface area (Å²) in [6.45, 7) is 6.25. The fourth-order valence-electron chi connectivity index (χ4n) is 1.74. The van der Waals surface area contributed by atoms with Crippen molar-refractivity contribution in [3.05, 3.63) is 22.4 Å². The zero-order chi connectivity index (χ0) is 12.8. The fraction of sp³-hybridized carbons (Fsp3) is 0.615. The highest BCUT2D eigenvalue weighted by Gasteiger charge is 2.21. The Kier molecular flexibility index (Phi) is 5.65. The molecule has 1 amide bonds. The number of nitrogens with one attached hydrogen (secondary N) is 1. The smallest absolute Gasteiger partial charge is 0.237 e. The van der Waals surface area contributed by atoms with Crippen molar-refractivity contribution in [3.8, 4) is 0 Å². The molecule has 0 fully saturated rings. The van der Waals surface area contributed by atoms with Gasteiger partial charge in [-0.25, -0.2) is 0 Å². The van der Waals surface area contributed by atoms with E-state index in [1.807, 2.05) is 18.4 Å². The minimum atomic E-state index is -0.388. The van der Waals surface area contributed by atoms with E-state index >= 15 is 0 Å². The van der Waals surface area contributed by atoms with E-state index in [4.69, 9.17) is 5.73 Å². The third-order valence-corrected chi connectivity index (χ3v) is 3.71. The Morgan fingerprint density at radius 1 is 1.53 bits per heavy atom. The molecule has 0 aliphatic heterocycles. The van der Waals surface area contributed by atoms with Crippen molar-refractivity contribution in [1.82, 2.24) is 5.32 Å². The van der Waals surface area contributed by atoms with Crippen molar-refractivity contribution in [3.63, 3.8) is 0 Å². The molecule has 0 saturated heterocycles. The third kappa shape index (κ3) is 4.13. The molecule has 0 bridgehead atoms. The first-order valence-corrected chi connectivity index (χ1v) is 7.03. The van der Waals surface area contributed by atoms with Crippen molar-refractivity contribution >= 4 is 17.2 Å². The lowest BCUT2D eigenvalue weighted by molar-refractivity contribution is -0.123. The van der Waals surface area contributed by atoms with E-state index in [1.54, 1.807) is 11.3 Å². The van der Waals surface area contributed by atoms with Crippen molar-refractivity contribution < 1.29 is 4.79 Å². The molecule has 17 heavy (non-hydrogen) atoms. The molecule has 3 N–H and O–H groups in total. The summed E-state index contributed by atoms with van der Waals surface area (Å²) in [6, 6.07) is 3.75. The maximum Gasteiger partial charge on any atom is 0.237 e. The highest BCUT2D eigenvalue weighted by Crippen LogP contribution is 2.25. The number of hydrogen-bond donors (Lipinski definition) is 2. The van der Waals surface area contributed by atoms with Gasteiger partial charge < -0.3 is 11.1 Å². The normalized spacial score (nSPS) is 14.6. The quantitative estimate of drug-likeness (QED) is 0.820. The number of thiophene rings is 1. The predicted molar refractivity (Wildman–Crippen MR) is 72.9 cm³/mol. The Morgan fingerprint density at radius 2 is 2.24 bits per heavy atom. The van der Waals surface area contributed by atoms with Gasteiger partial charge in [0, 0.05) is 4.88 Å². The van der Waals surface area contributed by atoms with Crippen LogP contribution in [-0.4, -0.2) is 11.9 Å². The average Bonchev–Trinajstić information content (AvgIpc) is 2.78. The van der Waals surface area contributed by atoms with Crippen LogP contribution < -0.4 is 11.1 Å². The molecular weight excluding hydrogens is 232 g/mol. The monoisotopic (exact) mass is 254 g/mol. The van der Waals surface area contributed by atoms with E-state index in [2.05, 4.69) is 25.2 Å². The average molecular weight is 254 g/mol. The molecule has 0 aliphatic carbocycles. The summed E-state index contributed by atoms with van der Waals surface area (Å²) in [5.74, 6) is 0.324. The number of hydrogen-bond acceptors (Lipinski definition) is 3. The van der Waals surface area contributed by atoms with Gasteiger partial charge in [0.1, 0.15) is 0 Å². The van der Waals surface area contributed by atoms with Gasteiger partial charge in [-0.2, -0.15) is 0 Å². The van der Waals surface area contributed by atoms with Crippen LogP contribution >= 0.6 is 11.3 Å². The van der Waals surface area contributed by atoms with Gasteiger partial charge >= 0.3 is 0 Å². The molecule has 0 saturated carbocycles. The zero-order valence-electron chi connectivity index (χ0n) is 10.8. The molecule has 3 nitrogen and oxygen atoms in total. The maximum absolute atomic E-state index is 11.9. The van der Waals surface area contributed by atoms with Crippen LogP contribution in [0.15, 0.2) is 17.5 Å². The van der Waals surface area contributed by atoms with E-state index in [-0.39, 0.29) is 18.0 Å². The van der Waals surface area contributed by atoms with Crippen LogP contribution in [0.3, 0.4) is 0 Å². The topological polar surface area (TPSA) is 55.1 Å². The lowest BCUT2D eigenvalue weighted by atomic mass is 10.0. The molecule has 1 unspecified atom stereocenters. The molecule has 1 heterocycles. The van der Waals surface area contributed by atoms with Gasteiger partial charge in [-0.05, 0) is 23.8 Å². The van der Waals surface area contributed by atoms with E-state index in [0.29, 0.717) is 5.92 Å². The predicted octanol–water partition coefficient (Wildman–Crippen LogP) is 2.69. The Bertz CT molecular complexity index is 335. The lowest BCUT2D eigenvalue weighted by Crippen LogP contribution is -2.43. The summed E-state index contributed by atoms with van der Waals surface area (Å²) < 4.78 is 0. The molecule has 0 radical (unpaired) electrons.